The molecular weight excluding hydrogens is 292 g/mol. The van der Waals surface area contributed by atoms with Gasteiger partial charge in [-0.05, 0) is 54.0 Å². The summed E-state index contributed by atoms with van der Waals surface area (Å²) >= 11 is 3.57. The molecule has 2 aromatic rings. The highest BCUT2D eigenvalue weighted by atomic mass is 79.9. The Labute approximate surface area is 115 Å². The Morgan fingerprint density at radius 1 is 1.06 bits per heavy atom. The summed E-state index contributed by atoms with van der Waals surface area (Å²) in [5.74, 6) is 1.03. The second kappa shape index (κ2) is 5.36. The highest BCUT2D eigenvalue weighted by Gasteiger charge is 2.14. The van der Waals surface area contributed by atoms with Crippen LogP contribution in [0.1, 0.15) is 31.5 Å². The van der Waals surface area contributed by atoms with E-state index in [0.717, 1.165) is 22.6 Å². The molecule has 1 fully saturated rings. The lowest BCUT2D eigenvalue weighted by Crippen LogP contribution is -2.25. The van der Waals surface area contributed by atoms with Crippen LogP contribution in [0, 0.1) is 0 Å². The monoisotopic (exact) mass is 308 g/mol. The van der Waals surface area contributed by atoms with Crippen molar-refractivity contribution in [3.8, 4) is 0 Å². The second-order valence-corrected chi connectivity index (χ2v) is 5.66. The summed E-state index contributed by atoms with van der Waals surface area (Å²) in [7, 11) is 0. The number of hydrogen-bond acceptors (Lipinski definition) is 3. The fraction of sp³-hybridized carbons (Fsp3) is 0.538. The molecule has 96 valence electrons. The smallest absolute Gasteiger partial charge is 0.161 e. The predicted molar refractivity (Wildman–Crippen MR) is 74.4 cm³/mol. The molecule has 0 unspecified atom stereocenters. The topological polar surface area (TPSA) is 33.4 Å². The zero-order valence-electron chi connectivity index (χ0n) is 10.3. The van der Waals surface area contributed by atoms with E-state index < -0.39 is 0 Å². The molecule has 1 aliphatic rings. The van der Waals surface area contributed by atoms with Crippen LogP contribution in [-0.4, -0.2) is 32.6 Å². The van der Waals surface area contributed by atoms with Crippen LogP contribution in [0.5, 0.6) is 0 Å². The third kappa shape index (κ3) is 2.42. The fourth-order valence-corrected chi connectivity index (χ4v) is 3.09. The average molecular weight is 309 g/mol. The molecule has 0 amide bonds. The number of nitrogens with zero attached hydrogens (tertiary/aromatic N) is 4. The Hall–Kier alpha value is -0.940. The van der Waals surface area contributed by atoms with Gasteiger partial charge in [-0.15, -0.1) is 10.2 Å². The molecule has 1 saturated heterocycles. The van der Waals surface area contributed by atoms with Gasteiger partial charge in [-0.1, -0.05) is 18.9 Å². The molecule has 3 heterocycles. The SMILES string of the molecule is Brc1cccc2nnc(CN3CCCCCC3)n12. The van der Waals surface area contributed by atoms with Gasteiger partial charge in [0.15, 0.2) is 11.5 Å². The first-order valence-electron chi connectivity index (χ1n) is 6.55. The van der Waals surface area contributed by atoms with E-state index in [4.69, 9.17) is 0 Å². The molecule has 2 aromatic heterocycles. The largest absolute Gasteiger partial charge is 0.296 e. The quantitative estimate of drug-likeness (QED) is 0.800. The summed E-state index contributed by atoms with van der Waals surface area (Å²) in [5.41, 5.74) is 0.911. The van der Waals surface area contributed by atoms with Crippen molar-refractivity contribution in [2.75, 3.05) is 13.1 Å². The molecule has 0 bridgehead atoms. The molecule has 4 nitrogen and oxygen atoms in total. The van der Waals surface area contributed by atoms with Gasteiger partial charge in [-0.2, -0.15) is 0 Å². The highest BCUT2D eigenvalue weighted by molar-refractivity contribution is 9.10. The van der Waals surface area contributed by atoms with Gasteiger partial charge in [0, 0.05) is 0 Å². The Balaban J connectivity index is 1.85. The van der Waals surface area contributed by atoms with Crippen molar-refractivity contribution < 1.29 is 0 Å². The molecule has 1 aliphatic heterocycles. The normalized spacial score (nSPS) is 18.1. The van der Waals surface area contributed by atoms with E-state index in [0.29, 0.717) is 0 Å². The van der Waals surface area contributed by atoms with Gasteiger partial charge < -0.3 is 0 Å². The molecule has 18 heavy (non-hydrogen) atoms. The van der Waals surface area contributed by atoms with E-state index in [1.807, 2.05) is 18.2 Å². The lowest BCUT2D eigenvalue weighted by Gasteiger charge is -2.18. The molecule has 0 aliphatic carbocycles. The zero-order valence-corrected chi connectivity index (χ0v) is 11.9. The van der Waals surface area contributed by atoms with Gasteiger partial charge in [-0.25, -0.2) is 0 Å². The molecule has 0 N–H and O–H groups in total. The minimum absolute atomic E-state index is 0.893. The Kier molecular flexibility index (Phi) is 3.61. The third-order valence-electron chi connectivity index (χ3n) is 3.51. The fourth-order valence-electron chi connectivity index (χ4n) is 2.56. The molecule has 0 radical (unpaired) electrons. The minimum Gasteiger partial charge on any atom is -0.296 e. The maximum absolute atomic E-state index is 4.32. The molecule has 5 heteroatoms. The standard InChI is InChI=1S/C13H17BrN4/c14-11-6-5-7-12-15-16-13(18(11)12)10-17-8-3-1-2-4-9-17/h5-7H,1-4,8-10H2. The minimum atomic E-state index is 0.893. The van der Waals surface area contributed by atoms with Crippen LogP contribution in [0.3, 0.4) is 0 Å². The average Bonchev–Trinajstić information content (AvgIpc) is 2.60. The van der Waals surface area contributed by atoms with Gasteiger partial charge in [0.1, 0.15) is 0 Å². The van der Waals surface area contributed by atoms with Gasteiger partial charge in [0.25, 0.3) is 0 Å². The summed E-state index contributed by atoms with van der Waals surface area (Å²) in [5, 5.41) is 8.55. The van der Waals surface area contributed by atoms with Crippen molar-refractivity contribution in [3.63, 3.8) is 0 Å². The van der Waals surface area contributed by atoms with Crippen LogP contribution in [-0.2, 0) is 6.54 Å². The van der Waals surface area contributed by atoms with Gasteiger partial charge in [0.05, 0.1) is 11.1 Å². The summed E-state index contributed by atoms with van der Waals surface area (Å²) in [6.07, 6.45) is 5.33. The van der Waals surface area contributed by atoms with Crippen LogP contribution in [0.25, 0.3) is 5.65 Å². The van der Waals surface area contributed by atoms with Crippen molar-refractivity contribution in [2.24, 2.45) is 0 Å². The number of fused-ring (bicyclic) bond motifs is 1. The summed E-state index contributed by atoms with van der Waals surface area (Å²) in [4.78, 5) is 2.49. The molecule has 0 atom stereocenters. The number of halogens is 1. The lowest BCUT2D eigenvalue weighted by atomic mass is 10.2. The van der Waals surface area contributed by atoms with E-state index in [-0.39, 0.29) is 0 Å². The van der Waals surface area contributed by atoms with Gasteiger partial charge in [-0.3, -0.25) is 9.30 Å². The van der Waals surface area contributed by atoms with Crippen molar-refractivity contribution in [1.82, 2.24) is 19.5 Å². The van der Waals surface area contributed by atoms with Crippen LogP contribution in [0.2, 0.25) is 0 Å². The van der Waals surface area contributed by atoms with Crippen LogP contribution < -0.4 is 0 Å². The summed E-state index contributed by atoms with van der Waals surface area (Å²) in [6, 6.07) is 6.01. The molecule has 0 spiro atoms. The number of rotatable bonds is 2. The van der Waals surface area contributed by atoms with E-state index in [2.05, 4.69) is 35.4 Å². The van der Waals surface area contributed by atoms with Crippen molar-refractivity contribution in [1.29, 1.82) is 0 Å². The summed E-state index contributed by atoms with van der Waals surface area (Å²) < 4.78 is 3.11. The van der Waals surface area contributed by atoms with Gasteiger partial charge in [0.2, 0.25) is 0 Å². The Bertz CT molecular complexity index is 529. The Morgan fingerprint density at radius 2 is 1.83 bits per heavy atom. The third-order valence-corrected chi connectivity index (χ3v) is 4.13. The van der Waals surface area contributed by atoms with Crippen LogP contribution in [0.15, 0.2) is 22.8 Å². The molecule has 3 rings (SSSR count). The van der Waals surface area contributed by atoms with Crippen molar-refractivity contribution in [2.45, 2.75) is 32.2 Å². The van der Waals surface area contributed by atoms with Crippen molar-refractivity contribution >= 4 is 21.6 Å². The van der Waals surface area contributed by atoms with E-state index in [1.54, 1.807) is 0 Å². The van der Waals surface area contributed by atoms with E-state index >= 15 is 0 Å². The number of pyridine rings is 1. The zero-order chi connectivity index (χ0) is 12.4. The van der Waals surface area contributed by atoms with Gasteiger partial charge >= 0.3 is 0 Å². The number of likely N-dealkylation sites (tertiary alicyclic amines) is 1. The first-order valence-corrected chi connectivity index (χ1v) is 7.35. The lowest BCUT2D eigenvalue weighted by molar-refractivity contribution is 0.269. The van der Waals surface area contributed by atoms with Crippen molar-refractivity contribution in [3.05, 3.63) is 28.6 Å². The maximum Gasteiger partial charge on any atom is 0.161 e. The first-order chi connectivity index (χ1) is 8.84. The van der Waals surface area contributed by atoms with Crippen LogP contribution >= 0.6 is 15.9 Å². The number of aromatic nitrogens is 3. The Morgan fingerprint density at radius 3 is 2.61 bits per heavy atom. The molecule has 0 aromatic carbocycles. The van der Waals surface area contributed by atoms with E-state index in [9.17, 15) is 0 Å². The maximum atomic E-state index is 4.32. The molecular formula is C13H17BrN4. The van der Waals surface area contributed by atoms with E-state index in [1.165, 1.54) is 38.8 Å². The predicted octanol–water partition coefficient (Wildman–Crippen LogP) is 2.87. The van der Waals surface area contributed by atoms with Crippen LogP contribution in [0.4, 0.5) is 0 Å². The molecule has 0 saturated carbocycles. The summed E-state index contributed by atoms with van der Waals surface area (Å²) in [6.45, 7) is 3.25. The highest BCUT2D eigenvalue weighted by Crippen LogP contribution is 2.17. The first kappa shape index (κ1) is 12.1. The second-order valence-electron chi connectivity index (χ2n) is 4.85. The number of hydrogen-bond donors (Lipinski definition) is 0.